The van der Waals surface area contributed by atoms with Gasteiger partial charge in [-0.15, -0.1) is 0 Å². The second-order valence-corrected chi connectivity index (χ2v) is 3.18. The van der Waals surface area contributed by atoms with Crippen LogP contribution in [0.25, 0.3) is 0 Å². The van der Waals surface area contributed by atoms with Crippen LogP contribution in [-0.4, -0.2) is 18.2 Å². The molecule has 1 unspecified atom stereocenters. The molecule has 4 heteroatoms. The summed E-state index contributed by atoms with van der Waals surface area (Å²) < 4.78 is 10.9. The lowest BCUT2D eigenvalue weighted by Gasteiger charge is -2.16. The average Bonchev–Trinajstić information content (AvgIpc) is 2.18. The van der Waals surface area contributed by atoms with Crippen LogP contribution in [0.1, 0.15) is 32.4 Å². The Labute approximate surface area is 90.4 Å². The molecule has 0 bridgehead atoms. The first kappa shape index (κ1) is 11.8. The third-order valence-corrected chi connectivity index (χ3v) is 1.95. The Morgan fingerprint density at radius 3 is 2.53 bits per heavy atom. The number of nitrogens with zero attached hydrogens (tertiary/aromatic N) is 1. The Morgan fingerprint density at radius 2 is 2.00 bits per heavy atom. The molecule has 15 heavy (non-hydrogen) atoms. The van der Waals surface area contributed by atoms with Gasteiger partial charge in [0.05, 0.1) is 18.8 Å². The van der Waals surface area contributed by atoms with Gasteiger partial charge in [0.25, 0.3) is 0 Å². The van der Waals surface area contributed by atoms with Crippen molar-refractivity contribution in [1.82, 2.24) is 4.98 Å². The van der Waals surface area contributed by atoms with E-state index >= 15 is 0 Å². The molecule has 84 valence electrons. The summed E-state index contributed by atoms with van der Waals surface area (Å²) >= 11 is 0. The Hall–Kier alpha value is -1.29. The van der Waals surface area contributed by atoms with Gasteiger partial charge in [-0.3, -0.25) is 0 Å². The summed E-state index contributed by atoms with van der Waals surface area (Å²) in [6.45, 7) is 6.92. The van der Waals surface area contributed by atoms with Crippen LogP contribution in [0.15, 0.2) is 12.3 Å². The minimum atomic E-state index is -0.151. The van der Waals surface area contributed by atoms with Crippen molar-refractivity contribution in [3.8, 4) is 11.6 Å². The fraction of sp³-hybridized carbons (Fsp3) is 0.545. The number of aromatic nitrogens is 1. The van der Waals surface area contributed by atoms with E-state index in [1.165, 1.54) is 0 Å². The van der Waals surface area contributed by atoms with E-state index in [4.69, 9.17) is 15.2 Å². The maximum Gasteiger partial charge on any atom is 0.221 e. The first-order valence-corrected chi connectivity index (χ1v) is 5.20. The van der Waals surface area contributed by atoms with E-state index in [1.807, 2.05) is 26.8 Å². The summed E-state index contributed by atoms with van der Waals surface area (Å²) in [5, 5.41) is 0. The summed E-state index contributed by atoms with van der Waals surface area (Å²) in [6.07, 6.45) is 1.67. The molecule has 1 rings (SSSR count). The number of hydrogen-bond donors (Lipinski definition) is 1. The molecule has 4 nitrogen and oxygen atoms in total. The summed E-state index contributed by atoms with van der Waals surface area (Å²) in [4.78, 5) is 4.15. The minimum absolute atomic E-state index is 0.151. The quantitative estimate of drug-likeness (QED) is 0.806. The van der Waals surface area contributed by atoms with Gasteiger partial charge >= 0.3 is 0 Å². The second kappa shape index (κ2) is 5.56. The lowest BCUT2D eigenvalue weighted by Crippen LogP contribution is -2.11. The third kappa shape index (κ3) is 2.83. The molecule has 0 aliphatic carbocycles. The SMILES string of the molecule is CCOc1ccnc(OCC)c1C(C)N. The van der Waals surface area contributed by atoms with E-state index in [9.17, 15) is 0 Å². The molecule has 1 aromatic rings. The Bertz CT molecular complexity index is 289. The van der Waals surface area contributed by atoms with Crippen LogP contribution in [0.5, 0.6) is 11.6 Å². The highest BCUT2D eigenvalue weighted by Gasteiger charge is 2.15. The van der Waals surface area contributed by atoms with Gasteiger partial charge in [0, 0.05) is 12.2 Å². The maximum absolute atomic E-state index is 5.88. The predicted molar refractivity (Wildman–Crippen MR) is 59.2 cm³/mol. The topological polar surface area (TPSA) is 57.4 Å². The van der Waals surface area contributed by atoms with Crippen molar-refractivity contribution in [1.29, 1.82) is 0 Å². The monoisotopic (exact) mass is 210 g/mol. The van der Waals surface area contributed by atoms with Crippen LogP contribution in [0.2, 0.25) is 0 Å². The summed E-state index contributed by atoms with van der Waals surface area (Å²) in [6, 6.07) is 1.66. The van der Waals surface area contributed by atoms with E-state index in [2.05, 4.69) is 4.98 Å². The number of pyridine rings is 1. The summed E-state index contributed by atoms with van der Waals surface area (Å²) in [5.41, 5.74) is 6.71. The molecule has 0 spiro atoms. The van der Waals surface area contributed by atoms with Gasteiger partial charge in [0.2, 0.25) is 5.88 Å². The molecule has 0 amide bonds. The van der Waals surface area contributed by atoms with Gasteiger partial charge in [-0.2, -0.15) is 0 Å². The van der Waals surface area contributed by atoms with Gasteiger partial charge in [-0.1, -0.05) is 0 Å². The highest BCUT2D eigenvalue weighted by atomic mass is 16.5. The van der Waals surface area contributed by atoms with Crippen molar-refractivity contribution < 1.29 is 9.47 Å². The highest BCUT2D eigenvalue weighted by molar-refractivity contribution is 5.41. The summed E-state index contributed by atoms with van der Waals surface area (Å²) in [7, 11) is 0. The Balaban J connectivity index is 3.09. The van der Waals surface area contributed by atoms with Crippen molar-refractivity contribution in [2.24, 2.45) is 5.73 Å². The van der Waals surface area contributed by atoms with Crippen LogP contribution in [0.3, 0.4) is 0 Å². The van der Waals surface area contributed by atoms with Gasteiger partial charge in [0.1, 0.15) is 5.75 Å². The zero-order chi connectivity index (χ0) is 11.3. The van der Waals surface area contributed by atoms with Crippen molar-refractivity contribution in [3.63, 3.8) is 0 Å². The summed E-state index contributed by atoms with van der Waals surface area (Å²) in [5.74, 6) is 1.32. The zero-order valence-corrected chi connectivity index (χ0v) is 9.49. The molecule has 0 saturated heterocycles. The molecule has 0 fully saturated rings. The predicted octanol–water partition coefficient (Wildman–Crippen LogP) is 1.90. The van der Waals surface area contributed by atoms with E-state index in [0.717, 1.165) is 11.3 Å². The number of ether oxygens (including phenoxy) is 2. The zero-order valence-electron chi connectivity index (χ0n) is 9.49. The van der Waals surface area contributed by atoms with Crippen LogP contribution in [-0.2, 0) is 0 Å². The van der Waals surface area contributed by atoms with Crippen molar-refractivity contribution >= 4 is 0 Å². The minimum Gasteiger partial charge on any atom is -0.493 e. The Morgan fingerprint density at radius 1 is 1.33 bits per heavy atom. The van der Waals surface area contributed by atoms with E-state index in [1.54, 1.807) is 6.20 Å². The first-order valence-electron chi connectivity index (χ1n) is 5.20. The Kier molecular flexibility index (Phi) is 4.37. The molecule has 1 aromatic heterocycles. The van der Waals surface area contributed by atoms with Crippen LogP contribution >= 0.6 is 0 Å². The van der Waals surface area contributed by atoms with Crippen molar-refractivity contribution in [3.05, 3.63) is 17.8 Å². The normalized spacial score (nSPS) is 12.3. The fourth-order valence-corrected chi connectivity index (χ4v) is 1.39. The lowest BCUT2D eigenvalue weighted by molar-refractivity contribution is 0.304. The second-order valence-electron chi connectivity index (χ2n) is 3.18. The van der Waals surface area contributed by atoms with E-state index in [0.29, 0.717) is 19.1 Å². The molecule has 1 atom stereocenters. The van der Waals surface area contributed by atoms with Crippen LogP contribution in [0, 0.1) is 0 Å². The maximum atomic E-state index is 5.88. The smallest absolute Gasteiger partial charge is 0.221 e. The highest BCUT2D eigenvalue weighted by Crippen LogP contribution is 2.30. The van der Waals surface area contributed by atoms with Gasteiger partial charge in [-0.05, 0) is 26.8 Å². The van der Waals surface area contributed by atoms with Gasteiger partial charge in [-0.25, -0.2) is 4.98 Å². The van der Waals surface area contributed by atoms with Crippen LogP contribution in [0.4, 0.5) is 0 Å². The van der Waals surface area contributed by atoms with Crippen molar-refractivity contribution in [2.75, 3.05) is 13.2 Å². The molecule has 2 N–H and O–H groups in total. The number of hydrogen-bond acceptors (Lipinski definition) is 4. The first-order chi connectivity index (χ1) is 7.20. The molecule has 0 radical (unpaired) electrons. The molecule has 0 saturated carbocycles. The van der Waals surface area contributed by atoms with Crippen molar-refractivity contribution in [2.45, 2.75) is 26.8 Å². The third-order valence-electron chi connectivity index (χ3n) is 1.95. The lowest BCUT2D eigenvalue weighted by atomic mass is 10.1. The molecular formula is C11H18N2O2. The molecule has 1 heterocycles. The van der Waals surface area contributed by atoms with E-state index < -0.39 is 0 Å². The fourth-order valence-electron chi connectivity index (χ4n) is 1.39. The standard InChI is InChI=1S/C11H18N2O2/c1-4-14-9-6-7-13-11(15-5-2)10(9)8(3)12/h6-8H,4-5,12H2,1-3H3. The number of nitrogens with two attached hydrogens (primary N) is 1. The van der Waals surface area contributed by atoms with Gasteiger partial charge < -0.3 is 15.2 Å². The number of rotatable bonds is 5. The largest absolute Gasteiger partial charge is 0.493 e. The van der Waals surface area contributed by atoms with Gasteiger partial charge in [0.15, 0.2) is 0 Å². The molecular weight excluding hydrogens is 192 g/mol. The van der Waals surface area contributed by atoms with Crippen LogP contribution < -0.4 is 15.2 Å². The average molecular weight is 210 g/mol. The molecule has 0 aliphatic rings. The molecule has 0 aromatic carbocycles. The molecule has 0 aliphatic heterocycles. The van der Waals surface area contributed by atoms with E-state index in [-0.39, 0.29) is 6.04 Å².